The molecule has 1 amide bonds. The Morgan fingerprint density at radius 2 is 1.79 bits per heavy atom. The molecule has 0 aliphatic rings. The molecule has 0 unspecified atom stereocenters. The number of sulfone groups is 1. The summed E-state index contributed by atoms with van der Waals surface area (Å²) in [6.45, 7) is 0. The first kappa shape index (κ1) is 15.7. The summed E-state index contributed by atoms with van der Waals surface area (Å²) < 4.78 is 25.8. The van der Waals surface area contributed by atoms with Crippen LogP contribution >= 0.6 is 0 Å². The van der Waals surface area contributed by atoms with Crippen molar-refractivity contribution in [1.82, 2.24) is 4.98 Å². The Morgan fingerprint density at radius 3 is 2.38 bits per heavy atom. The van der Waals surface area contributed by atoms with Gasteiger partial charge in [-0.25, -0.2) is 8.42 Å². The number of primary amides is 1. The summed E-state index contributed by atoms with van der Waals surface area (Å²) in [5.74, 6) is -0.969. The molecular weight excluding hydrogens is 334 g/mol. The molecule has 0 fully saturated rings. The van der Waals surface area contributed by atoms with Crippen molar-refractivity contribution >= 4 is 32.3 Å². The highest BCUT2D eigenvalue weighted by atomic mass is 32.2. The number of aromatic amines is 1. The third-order valence-electron chi connectivity index (χ3n) is 3.51. The van der Waals surface area contributed by atoms with E-state index < -0.39 is 20.7 Å². The normalized spacial score (nSPS) is 11.5. The molecule has 0 spiro atoms. The second-order valence-electron chi connectivity index (χ2n) is 5.00. The Bertz CT molecular complexity index is 1070. The molecule has 9 heteroatoms. The fourth-order valence-electron chi connectivity index (χ4n) is 2.44. The number of carbonyl (C=O) groups is 1. The zero-order chi connectivity index (χ0) is 17.5. The van der Waals surface area contributed by atoms with E-state index in [-0.39, 0.29) is 32.1 Å². The maximum absolute atomic E-state index is 12.9. The van der Waals surface area contributed by atoms with Crippen molar-refractivity contribution in [2.45, 2.75) is 9.79 Å². The lowest BCUT2D eigenvalue weighted by molar-refractivity contribution is -0.384. The fourth-order valence-corrected chi connectivity index (χ4v) is 4.07. The van der Waals surface area contributed by atoms with Crippen LogP contribution in [0.2, 0.25) is 0 Å². The quantitative estimate of drug-likeness (QED) is 0.550. The summed E-state index contributed by atoms with van der Waals surface area (Å²) in [6, 6.07) is 11.1. The van der Waals surface area contributed by atoms with Crippen molar-refractivity contribution in [3.63, 3.8) is 0 Å². The molecule has 2 aromatic carbocycles. The third kappa shape index (κ3) is 2.40. The second kappa shape index (κ2) is 5.46. The molecule has 24 heavy (non-hydrogen) atoms. The van der Waals surface area contributed by atoms with E-state index in [1.165, 1.54) is 36.4 Å². The number of amides is 1. The van der Waals surface area contributed by atoms with E-state index >= 15 is 0 Å². The van der Waals surface area contributed by atoms with Crippen LogP contribution in [0.3, 0.4) is 0 Å². The zero-order valence-electron chi connectivity index (χ0n) is 12.1. The number of nitro benzene ring substituents is 1. The lowest BCUT2D eigenvalue weighted by Crippen LogP contribution is -2.16. The molecule has 122 valence electrons. The zero-order valence-corrected chi connectivity index (χ0v) is 12.9. The molecule has 0 aliphatic heterocycles. The summed E-state index contributed by atoms with van der Waals surface area (Å²) in [5, 5.41) is 11.0. The highest BCUT2D eigenvalue weighted by Gasteiger charge is 2.29. The van der Waals surface area contributed by atoms with Crippen LogP contribution in [0.1, 0.15) is 10.5 Å². The van der Waals surface area contributed by atoms with Crippen LogP contribution in [-0.4, -0.2) is 24.2 Å². The molecule has 1 aromatic heterocycles. The Morgan fingerprint density at radius 1 is 1.12 bits per heavy atom. The molecule has 0 radical (unpaired) electrons. The minimum absolute atomic E-state index is 0.0418. The summed E-state index contributed by atoms with van der Waals surface area (Å²) in [5.41, 5.74) is 4.95. The average Bonchev–Trinajstić information content (AvgIpc) is 2.95. The molecule has 3 N–H and O–H groups in total. The monoisotopic (exact) mass is 345 g/mol. The summed E-state index contributed by atoms with van der Waals surface area (Å²) in [6.07, 6.45) is 0. The van der Waals surface area contributed by atoms with Crippen molar-refractivity contribution in [1.29, 1.82) is 0 Å². The van der Waals surface area contributed by atoms with E-state index in [2.05, 4.69) is 4.98 Å². The van der Waals surface area contributed by atoms with Gasteiger partial charge in [-0.3, -0.25) is 14.9 Å². The number of benzene rings is 2. The first-order valence-electron chi connectivity index (χ1n) is 6.72. The number of carbonyl (C=O) groups excluding carboxylic acids is 1. The van der Waals surface area contributed by atoms with Gasteiger partial charge in [-0.15, -0.1) is 0 Å². The van der Waals surface area contributed by atoms with Gasteiger partial charge in [-0.05, 0) is 18.2 Å². The number of nitrogens with two attached hydrogens (primary N) is 1. The van der Waals surface area contributed by atoms with Crippen LogP contribution in [-0.2, 0) is 9.84 Å². The lowest BCUT2D eigenvalue weighted by atomic mass is 10.2. The van der Waals surface area contributed by atoms with Gasteiger partial charge in [-0.2, -0.15) is 0 Å². The molecular formula is C15H11N3O5S. The maximum Gasteiger partial charge on any atom is 0.270 e. The number of aromatic nitrogens is 1. The molecule has 1 heterocycles. The first-order valence-corrected chi connectivity index (χ1v) is 8.21. The Labute approximate surface area is 136 Å². The van der Waals surface area contributed by atoms with E-state index in [0.29, 0.717) is 0 Å². The van der Waals surface area contributed by atoms with Gasteiger partial charge in [0.1, 0.15) is 10.6 Å². The van der Waals surface area contributed by atoms with Gasteiger partial charge in [0.2, 0.25) is 9.84 Å². The molecule has 0 atom stereocenters. The smallest absolute Gasteiger partial charge is 0.270 e. The summed E-state index contributed by atoms with van der Waals surface area (Å²) >= 11 is 0. The number of hydrogen-bond acceptors (Lipinski definition) is 5. The van der Waals surface area contributed by atoms with Crippen molar-refractivity contribution < 1.29 is 18.1 Å². The molecule has 0 saturated carbocycles. The van der Waals surface area contributed by atoms with E-state index in [4.69, 9.17) is 5.73 Å². The van der Waals surface area contributed by atoms with Crippen molar-refractivity contribution in [2.24, 2.45) is 5.73 Å². The number of nitro groups is 1. The van der Waals surface area contributed by atoms with Gasteiger partial charge in [0, 0.05) is 23.0 Å². The summed E-state index contributed by atoms with van der Waals surface area (Å²) in [7, 11) is -4.10. The van der Waals surface area contributed by atoms with Gasteiger partial charge >= 0.3 is 0 Å². The SMILES string of the molecule is NC(=O)c1[nH]c2ccc([N+](=O)[O-])cc2c1S(=O)(=O)c1ccccc1. The van der Waals surface area contributed by atoms with E-state index in [9.17, 15) is 23.3 Å². The predicted molar refractivity (Wildman–Crippen MR) is 85.4 cm³/mol. The number of fused-ring (bicyclic) bond motifs is 1. The fraction of sp³-hybridized carbons (Fsp3) is 0. The highest BCUT2D eigenvalue weighted by molar-refractivity contribution is 7.91. The van der Waals surface area contributed by atoms with Crippen LogP contribution in [0.4, 0.5) is 5.69 Å². The van der Waals surface area contributed by atoms with Crippen LogP contribution in [0.5, 0.6) is 0 Å². The number of hydrogen-bond donors (Lipinski definition) is 2. The van der Waals surface area contributed by atoms with Crippen LogP contribution in [0, 0.1) is 10.1 Å². The number of non-ortho nitro benzene ring substituents is 1. The topological polar surface area (TPSA) is 136 Å². The molecule has 3 rings (SSSR count). The standard InChI is InChI=1S/C15H11N3O5S/c16-15(19)13-14(24(22,23)10-4-2-1-3-5-10)11-8-9(18(20)21)6-7-12(11)17-13/h1-8,17H,(H2,16,19). The minimum Gasteiger partial charge on any atom is -0.364 e. The molecule has 8 nitrogen and oxygen atoms in total. The summed E-state index contributed by atoms with van der Waals surface area (Å²) in [4.78, 5) is 24.2. The average molecular weight is 345 g/mol. The number of nitrogens with zero attached hydrogens (tertiary/aromatic N) is 1. The van der Waals surface area contributed by atoms with E-state index in [1.54, 1.807) is 6.07 Å². The number of H-pyrrole nitrogens is 1. The second-order valence-corrected chi connectivity index (χ2v) is 6.88. The molecule has 3 aromatic rings. The van der Waals surface area contributed by atoms with Gasteiger partial charge in [-0.1, -0.05) is 18.2 Å². The Balaban J connectivity index is 2.40. The first-order chi connectivity index (χ1) is 11.3. The third-order valence-corrected chi connectivity index (χ3v) is 5.37. The van der Waals surface area contributed by atoms with Gasteiger partial charge in [0.05, 0.1) is 9.82 Å². The predicted octanol–water partition coefficient (Wildman–Crippen LogP) is 2.01. The lowest BCUT2D eigenvalue weighted by Gasteiger charge is -2.05. The minimum atomic E-state index is -4.10. The largest absolute Gasteiger partial charge is 0.364 e. The number of rotatable bonds is 4. The Hall–Kier alpha value is -3.20. The molecule has 0 saturated heterocycles. The van der Waals surface area contributed by atoms with Crippen LogP contribution in [0.15, 0.2) is 58.3 Å². The Kier molecular flexibility index (Phi) is 3.57. The van der Waals surface area contributed by atoms with Gasteiger partial charge in [0.15, 0.2) is 0 Å². The van der Waals surface area contributed by atoms with Crippen LogP contribution in [0.25, 0.3) is 10.9 Å². The van der Waals surface area contributed by atoms with Gasteiger partial charge in [0.25, 0.3) is 11.6 Å². The highest BCUT2D eigenvalue weighted by Crippen LogP contribution is 2.33. The van der Waals surface area contributed by atoms with E-state index in [1.807, 2.05) is 0 Å². The maximum atomic E-state index is 12.9. The van der Waals surface area contributed by atoms with Gasteiger partial charge < -0.3 is 10.7 Å². The molecule has 0 bridgehead atoms. The van der Waals surface area contributed by atoms with Crippen molar-refractivity contribution in [2.75, 3.05) is 0 Å². The van der Waals surface area contributed by atoms with Crippen molar-refractivity contribution in [3.8, 4) is 0 Å². The van der Waals surface area contributed by atoms with Crippen LogP contribution < -0.4 is 5.73 Å². The van der Waals surface area contributed by atoms with Crippen molar-refractivity contribution in [3.05, 3.63) is 64.3 Å². The van der Waals surface area contributed by atoms with E-state index in [0.717, 1.165) is 6.07 Å². The molecule has 0 aliphatic carbocycles. The number of nitrogens with one attached hydrogen (secondary N) is 1.